The molecule has 0 aromatic heterocycles. The van der Waals surface area contributed by atoms with Crippen LogP contribution < -0.4 is 10.0 Å². The molecule has 0 bridgehead atoms. The summed E-state index contributed by atoms with van der Waals surface area (Å²) in [6.07, 6.45) is 1.64. The summed E-state index contributed by atoms with van der Waals surface area (Å²) in [4.78, 5) is -0.316. The number of sulfonamides is 1. The molecule has 0 amide bonds. The third-order valence-electron chi connectivity index (χ3n) is 3.19. The highest BCUT2D eigenvalue weighted by Gasteiger charge is 2.23. The largest absolute Gasteiger partial charge is 0.377 e. The number of benzene rings is 1. The Morgan fingerprint density at radius 2 is 2.25 bits per heavy atom. The fraction of sp³-hybridized carbons (Fsp3) is 0.538. The van der Waals surface area contributed by atoms with Crippen molar-refractivity contribution in [2.75, 3.05) is 20.2 Å². The molecule has 1 unspecified atom stereocenters. The van der Waals surface area contributed by atoms with Crippen LogP contribution in [0.3, 0.4) is 0 Å². The molecule has 20 heavy (non-hydrogen) atoms. The zero-order chi connectivity index (χ0) is 14.6. The van der Waals surface area contributed by atoms with Gasteiger partial charge in [-0.1, -0.05) is 6.07 Å². The first-order valence-electron chi connectivity index (χ1n) is 6.57. The minimum Gasteiger partial charge on any atom is -0.377 e. The molecule has 1 atom stereocenters. The van der Waals surface area contributed by atoms with Crippen LogP contribution in [0.5, 0.6) is 0 Å². The highest BCUT2D eigenvalue weighted by Crippen LogP contribution is 2.17. The summed E-state index contributed by atoms with van der Waals surface area (Å²) in [5.74, 6) is -0.746. The second kappa shape index (κ2) is 6.62. The summed E-state index contributed by atoms with van der Waals surface area (Å²) in [6.45, 7) is 1.31. The first kappa shape index (κ1) is 15.4. The average molecular weight is 302 g/mol. The Hall–Kier alpha value is -1.02. The Labute approximate surface area is 118 Å². The maximum atomic E-state index is 13.7. The maximum Gasteiger partial charge on any atom is 0.243 e. The van der Waals surface area contributed by atoms with Gasteiger partial charge in [-0.2, -0.15) is 0 Å². The van der Waals surface area contributed by atoms with E-state index in [0.29, 0.717) is 18.7 Å². The van der Waals surface area contributed by atoms with Crippen molar-refractivity contribution >= 4 is 10.0 Å². The van der Waals surface area contributed by atoms with Gasteiger partial charge in [0.1, 0.15) is 10.7 Å². The predicted octanol–water partition coefficient (Wildman–Crippen LogP) is 1.00. The van der Waals surface area contributed by atoms with Crippen molar-refractivity contribution in [3.05, 3.63) is 29.6 Å². The molecular formula is C13H19FN2O3S. The fourth-order valence-electron chi connectivity index (χ4n) is 2.15. The standard InChI is InChI=1S/C13H19FN2O3S/c1-15-8-10-4-5-12(14)13(7-10)20(17,18)16-9-11-3-2-6-19-11/h4-5,7,11,15-16H,2-3,6,8-9H2,1H3. The van der Waals surface area contributed by atoms with Crippen LogP contribution in [0.2, 0.25) is 0 Å². The summed E-state index contributed by atoms with van der Waals surface area (Å²) in [6, 6.07) is 4.09. The summed E-state index contributed by atoms with van der Waals surface area (Å²) < 4.78 is 45.8. The van der Waals surface area contributed by atoms with E-state index in [1.807, 2.05) is 0 Å². The summed E-state index contributed by atoms with van der Waals surface area (Å²) >= 11 is 0. The van der Waals surface area contributed by atoms with Crippen LogP contribution in [0.15, 0.2) is 23.1 Å². The van der Waals surface area contributed by atoms with Gasteiger partial charge in [-0.25, -0.2) is 17.5 Å². The lowest BCUT2D eigenvalue weighted by Crippen LogP contribution is -2.32. The van der Waals surface area contributed by atoms with Crippen molar-refractivity contribution in [2.24, 2.45) is 0 Å². The van der Waals surface area contributed by atoms with Gasteiger partial charge in [-0.15, -0.1) is 0 Å². The molecule has 0 saturated carbocycles. The molecule has 1 aromatic carbocycles. The highest BCUT2D eigenvalue weighted by atomic mass is 32.2. The zero-order valence-electron chi connectivity index (χ0n) is 11.4. The lowest BCUT2D eigenvalue weighted by atomic mass is 10.2. The third-order valence-corrected chi connectivity index (χ3v) is 4.63. The molecule has 5 nitrogen and oxygen atoms in total. The molecule has 1 aliphatic heterocycles. The molecule has 0 aliphatic carbocycles. The van der Waals surface area contributed by atoms with Gasteiger partial charge in [0.2, 0.25) is 10.0 Å². The van der Waals surface area contributed by atoms with Crippen LogP contribution in [0.25, 0.3) is 0 Å². The molecule has 1 heterocycles. The molecule has 1 aromatic rings. The number of hydrogen-bond acceptors (Lipinski definition) is 4. The van der Waals surface area contributed by atoms with Crippen molar-refractivity contribution in [1.29, 1.82) is 0 Å². The summed E-state index contributed by atoms with van der Waals surface area (Å²) in [5, 5.41) is 2.90. The van der Waals surface area contributed by atoms with Crippen LogP contribution >= 0.6 is 0 Å². The van der Waals surface area contributed by atoms with E-state index in [4.69, 9.17) is 4.74 Å². The maximum absolute atomic E-state index is 13.7. The molecule has 7 heteroatoms. The van der Waals surface area contributed by atoms with Gasteiger partial charge in [0, 0.05) is 19.7 Å². The Balaban J connectivity index is 2.12. The lowest BCUT2D eigenvalue weighted by molar-refractivity contribution is 0.114. The molecule has 2 N–H and O–H groups in total. The van der Waals surface area contributed by atoms with Gasteiger partial charge in [0.25, 0.3) is 0 Å². The molecule has 1 fully saturated rings. The van der Waals surface area contributed by atoms with Gasteiger partial charge in [-0.3, -0.25) is 0 Å². The normalized spacial score (nSPS) is 19.4. The SMILES string of the molecule is CNCc1ccc(F)c(S(=O)(=O)NCC2CCCO2)c1. The lowest BCUT2D eigenvalue weighted by Gasteiger charge is -2.12. The van der Waals surface area contributed by atoms with Crippen molar-refractivity contribution in [1.82, 2.24) is 10.0 Å². The Bertz CT molecular complexity index is 557. The van der Waals surface area contributed by atoms with E-state index in [-0.39, 0.29) is 17.5 Å². The van der Waals surface area contributed by atoms with Gasteiger partial charge < -0.3 is 10.1 Å². The van der Waals surface area contributed by atoms with E-state index < -0.39 is 15.8 Å². The van der Waals surface area contributed by atoms with Gasteiger partial charge in [-0.05, 0) is 37.6 Å². The molecule has 1 saturated heterocycles. The smallest absolute Gasteiger partial charge is 0.243 e. The van der Waals surface area contributed by atoms with E-state index in [1.165, 1.54) is 12.1 Å². The van der Waals surface area contributed by atoms with Crippen molar-refractivity contribution in [2.45, 2.75) is 30.4 Å². The minimum atomic E-state index is -3.85. The van der Waals surface area contributed by atoms with Crippen molar-refractivity contribution in [3.8, 4) is 0 Å². The Morgan fingerprint density at radius 3 is 2.90 bits per heavy atom. The molecular weight excluding hydrogens is 283 g/mol. The molecule has 112 valence electrons. The van der Waals surface area contributed by atoms with Crippen molar-refractivity contribution < 1.29 is 17.5 Å². The number of nitrogens with one attached hydrogen (secondary N) is 2. The first-order valence-corrected chi connectivity index (χ1v) is 8.05. The van der Waals surface area contributed by atoms with Crippen LogP contribution in [-0.2, 0) is 21.3 Å². The highest BCUT2D eigenvalue weighted by molar-refractivity contribution is 7.89. The average Bonchev–Trinajstić information content (AvgIpc) is 2.92. The van der Waals surface area contributed by atoms with Crippen molar-refractivity contribution in [3.63, 3.8) is 0 Å². The van der Waals surface area contributed by atoms with Gasteiger partial charge in [0.05, 0.1) is 6.10 Å². The van der Waals surface area contributed by atoms with Crippen LogP contribution in [-0.4, -0.2) is 34.7 Å². The van der Waals surface area contributed by atoms with Crippen LogP contribution in [0, 0.1) is 5.82 Å². The zero-order valence-corrected chi connectivity index (χ0v) is 12.2. The van der Waals surface area contributed by atoms with Crippen LogP contribution in [0.1, 0.15) is 18.4 Å². The predicted molar refractivity (Wildman–Crippen MR) is 73.3 cm³/mol. The second-order valence-electron chi connectivity index (χ2n) is 4.78. The van der Waals surface area contributed by atoms with E-state index in [2.05, 4.69) is 10.0 Å². The number of ether oxygens (including phenoxy) is 1. The van der Waals surface area contributed by atoms with Gasteiger partial charge in [0.15, 0.2) is 0 Å². The quantitative estimate of drug-likeness (QED) is 0.823. The van der Waals surface area contributed by atoms with E-state index >= 15 is 0 Å². The van der Waals surface area contributed by atoms with E-state index in [9.17, 15) is 12.8 Å². The number of hydrogen-bond donors (Lipinski definition) is 2. The molecule has 0 spiro atoms. The Morgan fingerprint density at radius 1 is 1.45 bits per heavy atom. The van der Waals surface area contributed by atoms with Crippen LogP contribution in [0.4, 0.5) is 4.39 Å². The van der Waals surface area contributed by atoms with E-state index in [0.717, 1.165) is 12.8 Å². The molecule has 2 rings (SSSR count). The first-order chi connectivity index (χ1) is 9.53. The Kier molecular flexibility index (Phi) is 5.09. The number of halogens is 1. The van der Waals surface area contributed by atoms with E-state index in [1.54, 1.807) is 13.1 Å². The minimum absolute atomic E-state index is 0.117. The molecule has 0 radical (unpaired) electrons. The van der Waals surface area contributed by atoms with Gasteiger partial charge >= 0.3 is 0 Å². The fourth-order valence-corrected chi connectivity index (χ4v) is 3.35. The molecule has 1 aliphatic rings. The summed E-state index contributed by atoms with van der Waals surface area (Å²) in [5.41, 5.74) is 0.714. The summed E-state index contributed by atoms with van der Waals surface area (Å²) in [7, 11) is -2.11. The topological polar surface area (TPSA) is 67.4 Å². The third kappa shape index (κ3) is 3.76. The monoisotopic (exact) mass is 302 g/mol. The second-order valence-corrected chi connectivity index (χ2v) is 6.52. The number of rotatable bonds is 6.